The van der Waals surface area contributed by atoms with Gasteiger partial charge in [-0.2, -0.15) is 0 Å². The van der Waals surface area contributed by atoms with Crippen molar-refractivity contribution >= 4 is 22.4 Å². The number of rotatable bonds is 5. The van der Waals surface area contributed by atoms with Crippen LogP contribution in [0.4, 0.5) is 5.13 Å². The van der Waals surface area contributed by atoms with Gasteiger partial charge in [-0.15, -0.1) is 11.3 Å². The van der Waals surface area contributed by atoms with E-state index in [0.717, 1.165) is 5.56 Å². The Kier molecular flexibility index (Phi) is 4.90. The second-order valence-corrected chi connectivity index (χ2v) is 5.91. The van der Waals surface area contributed by atoms with E-state index in [2.05, 4.69) is 20.3 Å². The van der Waals surface area contributed by atoms with Crippen LogP contribution in [0, 0.1) is 6.92 Å². The predicted molar refractivity (Wildman–Crippen MR) is 95.4 cm³/mol. The topological polar surface area (TPSA) is 86.2 Å². The Morgan fingerprint density at radius 3 is 2.72 bits per heavy atom. The van der Waals surface area contributed by atoms with Crippen molar-refractivity contribution in [1.29, 1.82) is 0 Å². The normalized spacial score (nSPS) is 10.4. The molecule has 0 saturated carbocycles. The first-order valence-electron chi connectivity index (χ1n) is 7.39. The molecule has 3 aromatic rings. The molecule has 1 N–H and O–H groups in total. The highest BCUT2D eigenvalue weighted by molar-refractivity contribution is 7.14. The van der Waals surface area contributed by atoms with Crippen LogP contribution in [0.15, 0.2) is 35.8 Å². The number of aromatic nitrogens is 3. The summed E-state index contributed by atoms with van der Waals surface area (Å²) in [6, 6.07) is 7.03. The molecule has 0 unspecified atom stereocenters. The molecule has 1 amide bonds. The van der Waals surface area contributed by atoms with Gasteiger partial charge in [-0.3, -0.25) is 10.1 Å². The summed E-state index contributed by atoms with van der Waals surface area (Å²) in [5.74, 6) is 1.58. The van der Waals surface area contributed by atoms with Crippen molar-refractivity contribution in [2.75, 3.05) is 19.5 Å². The molecular weight excluding hydrogens is 340 g/mol. The predicted octanol–water partition coefficient (Wildman–Crippen LogP) is 3.18. The number of methoxy groups -OCH3 is 2. The average molecular weight is 356 g/mol. The van der Waals surface area contributed by atoms with Crippen LogP contribution in [0.3, 0.4) is 0 Å². The number of anilines is 1. The minimum atomic E-state index is -0.330. The number of amides is 1. The first-order chi connectivity index (χ1) is 12.1. The fourth-order valence-electron chi connectivity index (χ4n) is 2.21. The number of thiazole rings is 1. The molecule has 8 heteroatoms. The Hall–Kier alpha value is -3.00. The molecular formula is C17H16N4O3S. The van der Waals surface area contributed by atoms with Gasteiger partial charge in [0.15, 0.2) is 5.13 Å². The summed E-state index contributed by atoms with van der Waals surface area (Å²) in [5, 5.41) is 5.07. The van der Waals surface area contributed by atoms with Crippen molar-refractivity contribution in [2.24, 2.45) is 0 Å². The van der Waals surface area contributed by atoms with E-state index >= 15 is 0 Å². The Bertz CT molecular complexity index is 910. The lowest BCUT2D eigenvalue weighted by Crippen LogP contribution is -2.14. The summed E-state index contributed by atoms with van der Waals surface area (Å²) in [6.45, 7) is 1.73. The van der Waals surface area contributed by atoms with E-state index in [1.807, 2.05) is 23.6 Å². The molecule has 0 aliphatic rings. The fraction of sp³-hybridized carbons (Fsp3) is 0.176. The number of benzene rings is 1. The highest BCUT2D eigenvalue weighted by Gasteiger charge is 2.14. The molecule has 2 aromatic heterocycles. The van der Waals surface area contributed by atoms with Crippen molar-refractivity contribution in [3.8, 4) is 22.8 Å². The second-order valence-electron chi connectivity index (χ2n) is 5.05. The Morgan fingerprint density at radius 2 is 2.00 bits per heavy atom. The SMILES string of the molecule is COc1ccc(OC)c(-c2csc(NC(=O)c3ccnc(C)n3)n2)c1. The van der Waals surface area contributed by atoms with Crippen LogP contribution in [0.25, 0.3) is 11.3 Å². The number of hydrogen-bond donors (Lipinski definition) is 1. The fourth-order valence-corrected chi connectivity index (χ4v) is 2.92. The standard InChI is InChI=1S/C17H16N4O3S/c1-10-18-7-6-13(19-10)16(22)21-17-20-14(9-25-17)12-8-11(23-2)4-5-15(12)24-3/h4-9H,1-3H3,(H,20,21,22). The lowest BCUT2D eigenvalue weighted by atomic mass is 10.1. The summed E-state index contributed by atoms with van der Waals surface area (Å²) < 4.78 is 10.6. The van der Waals surface area contributed by atoms with Crippen LogP contribution < -0.4 is 14.8 Å². The third-order valence-electron chi connectivity index (χ3n) is 3.42. The molecule has 0 bridgehead atoms. The van der Waals surface area contributed by atoms with Crippen molar-refractivity contribution < 1.29 is 14.3 Å². The van der Waals surface area contributed by atoms with Gasteiger partial charge < -0.3 is 9.47 Å². The summed E-state index contributed by atoms with van der Waals surface area (Å²) in [5.41, 5.74) is 1.77. The molecule has 0 aliphatic carbocycles. The average Bonchev–Trinajstić information content (AvgIpc) is 3.09. The van der Waals surface area contributed by atoms with Crippen molar-refractivity contribution in [3.63, 3.8) is 0 Å². The number of hydrogen-bond acceptors (Lipinski definition) is 7. The summed E-state index contributed by atoms with van der Waals surface area (Å²) in [4.78, 5) is 24.8. The molecule has 0 atom stereocenters. The zero-order chi connectivity index (χ0) is 17.8. The molecule has 0 aliphatic heterocycles. The quantitative estimate of drug-likeness (QED) is 0.756. The first kappa shape index (κ1) is 16.8. The number of nitrogens with one attached hydrogen (secondary N) is 1. The third-order valence-corrected chi connectivity index (χ3v) is 4.17. The highest BCUT2D eigenvalue weighted by Crippen LogP contribution is 2.35. The Balaban J connectivity index is 1.84. The van der Waals surface area contributed by atoms with Crippen molar-refractivity contribution in [3.05, 3.63) is 47.4 Å². The number of aryl methyl sites for hydroxylation is 1. The lowest BCUT2D eigenvalue weighted by molar-refractivity contribution is 0.102. The van der Waals surface area contributed by atoms with Crippen molar-refractivity contribution in [2.45, 2.75) is 6.92 Å². The van der Waals surface area contributed by atoms with Crippen LogP contribution in [0.2, 0.25) is 0 Å². The number of carbonyl (C=O) groups excluding carboxylic acids is 1. The van der Waals surface area contributed by atoms with E-state index in [9.17, 15) is 4.79 Å². The van der Waals surface area contributed by atoms with E-state index in [1.54, 1.807) is 33.4 Å². The number of carbonyl (C=O) groups is 1. The summed E-state index contributed by atoms with van der Waals surface area (Å²) in [7, 11) is 3.19. The molecule has 3 rings (SSSR count). The van der Waals surface area contributed by atoms with Crippen LogP contribution in [0.1, 0.15) is 16.3 Å². The number of nitrogens with zero attached hydrogens (tertiary/aromatic N) is 3. The van der Waals surface area contributed by atoms with E-state index in [-0.39, 0.29) is 5.91 Å². The lowest BCUT2D eigenvalue weighted by Gasteiger charge is -2.08. The van der Waals surface area contributed by atoms with Crippen molar-refractivity contribution in [1.82, 2.24) is 15.0 Å². The minimum absolute atomic E-state index is 0.295. The first-order valence-corrected chi connectivity index (χ1v) is 8.27. The zero-order valence-corrected chi connectivity index (χ0v) is 14.8. The maximum Gasteiger partial charge on any atom is 0.276 e. The molecule has 0 spiro atoms. The Labute approximate surface area is 148 Å². The molecule has 25 heavy (non-hydrogen) atoms. The van der Waals surface area contributed by atoms with Gasteiger partial charge in [0.2, 0.25) is 0 Å². The van der Waals surface area contributed by atoms with Gasteiger partial charge in [-0.05, 0) is 31.2 Å². The maximum atomic E-state index is 12.3. The van der Waals surface area contributed by atoms with Gasteiger partial charge in [-0.25, -0.2) is 15.0 Å². The van der Waals surface area contributed by atoms with Gasteiger partial charge in [0.1, 0.15) is 23.0 Å². The van der Waals surface area contributed by atoms with Gasteiger partial charge >= 0.3 is 0 Å². The van der Waals surface area contributed by atoms with E-state index < -0.39 is 0 Å². The van der Waals surface area contributed by atoms with Crippen LogP contribution in [-0.4, -0.2) is 35.1 Å². The molecule has 0 saturated heterocycles. The van der Waals surface area contributed by atoms with E-state index in [4.69, 9.17) is 9.47 Å². The van der Waals surface area contributed by atoms with E-state index in [0.29, 0.717) is 33.8 Å². The molecule has 128 valence electrons. The zero-order valence-electron chi connectivity index (χ0n) is 13.9. The van der Waals surface area contributed by atoms with Crippen LogP contribution >= 0.6 is 11.3 Å². The van der Waals surface area contributed by atoms with Crippen LogP contribution in [0.5, 0.6) is 11.5 Å². The smallest absolute Gasteiger partial charge is 0.276 e. The van der Waals surface area contributed by atoms with Gasteiger partial charge in [-0.1, -0.05) is 0 Å². The number of ether oxygens (including phenoxy) is 2. The molecule has 1 aromatic carbocycles. The van der Waals surface area contributed by atoms with Gasteiger partial charge in [0, 0.05) is 17.1 Å². The third kappa shape index (κ3) is 3.74. The van der Waals surface area contributed by atoms with E-state index in [1.165, 1.54) is 11.3 Å². The Morgan fingerprint density at radius 1 is 1.16 bits per heavy atom. The van der Waals surface area contributed by atoms with Crippen LogP contribution in [-0.2, 0) is 0 Å². The maximum absolute atomic E-state index is 12.3. The molecule has 0 radical (unpaired) electrons. The highest BCUT2D eigenvalue weighted by atomic mass is 32.1. The monoisotopic (exact) mass is 356 g/mol. The van der Waals surface area contributed by atoms with Gasteiger partial charge in [0.05, 0.1) is 19.9 Å². The summed E-state index contributed by atoms with van der Waals surface area (Å²) >= 11 is 1.32. The molecule has 2 heterocycles. The largest absolute Gasteiger partial charge is 0.497 e. The van der Waals surface area contributed by atoms with Gasteiger partial charge in [0.25, 0.3) is 5.91 Å². The second kappa shape index (κ2) is 7.27. The molecule has 7 nitrogen and oxygen atoms in total. The summed E-state index contributed by atoms with van der Waals surface area (Å²) in [6.07, 6.45) is 1.55. The molecule has 0 fully saturated rings. The minimum Gasteiger partial charge on any atom is -0.497 e.